The van der Waals surface area contributed by atoms with Crippen LogP contribution >= 0.6 is 23.4 Å². The molecule has 0 amide bonds. The molecule has 5 rings (SSSR count). The summed E-state index contributed by atoms with van der Waals surface area (Å²) >= 11 is 8.18. The van der Waals surface area contributed by atoms with Crippen LogP contribution in [0.1, 0.15) is 24.3 Å². The minimum absolute atomic E-state index is 0.371. The normalized spacial score (nSPS) is 14.1. The third-order valence-corrected chi connectivity index (χ3v) is 6.39. The highest BCUT2D eigenvalue weighted by Crippen LogP contribution is 2.43. The van der Waals surface area contributed by atoms with Crippen molar-refractivity contribution >= 4 is 29.1 Å². The van der Waals surface area contributed by atoms with Gasteiger partial charge in [0.1, 0.15) is 6.61 Å². The zero-order valence-corrected chi connectivity index (χ0v) is 20.8. The minimum atomic E-state index is -0.594. The minimum Gasteiger partial charge on any atom is -0.493 e. The van der Waals surface area contributed by atoms with Gasteiger partial charge in [-0.2, -0.15) is 4.98 Å². The maximum Gasteiger partial charge on any atom is 0.247 e. The number of hydrogen-bond acceptors (Lipinski definition) is 8. The van der Waals surface area contributed by atoms with Crippen molar-refractivity contribution in [3.8, 4) is 28.6 Å². The first-order chi connectivity index (χ1) is 17.2. The highest BCUT2D eigenvalue weighted by atomic mass is 35.5. The average Bonchev–Trinajstić information content (AvgIpc) is 3.05. The quantitative estimate of drug-likeness (QED) is 0.289. The molecule has 0 spiro atoms. The van der Waals surface area contributed by atoms with Gasteiger partial charge >= 0.3 is 0 Å². The Morgan fingerprint density at radius 3 is 2.66 bits per heavy atom. The van der Waals surface area contributed by atoms with Crippen LogP contribution in [0.4, 0.5) is 5.69 Å². The van der Waals surface area contributed by atoms with Crippen molar-refractivity contribution in [1.29, 1.82) is 0 Å². The van der Waals surface area contributed by atoms with Crippen molar-refractivity contribution < 1.29 is 14.2 Å². The van der Waals surface area contributed by atoms with E-state index in [2.05, 4.69) is 20.5 Å². The summed E-state index contributed by atoms with van der Waals surface area (Å²) in [4.78, 5) is 4.62. The lowest BCUT2D eigenvalue weighted by Crippen LogP contribution is -2.17. The summed E-state index contributed by atoms with van der Waals surface area (Å²) in [6.45, 7) is 2.41. The van der Waals surface area contributed by atoms with E-state index in [1.165, 1.54) is 11.8 Å². The Bertz CT molecular complexity index is 1340. The Kier molecular flexibility index (Phi) is 6.92. The Morgan fingerprint density at radius 1 is 1.06 bits per heavy atom. The Balaban J connectivity index is 1.50. The molecule has 0 radical (unpaired) electrons. The fourth-order valence-electron chi connectivity index (χ4n) is 3.75. The number of methoxy groups -OCH3 is 1. The van der Waals surface area contributed by atoms with Gasteiger partial charge in [0.05, 0.1) is 12.1 Å². The standard InChI is InChI=1S/C26H23ClN4O3S/c1-3-35-26-29-25-22(30-31-26)18-11-7-8-12-20(18)28-24(34-25)17-13-19(27)23(21(14-17)32-2)33-15-16-9-5-4-6-10-16/h4-14,24,28H,3,15H2,1-2H3/t24-/m0/s1. The molecule has 1 aliphatic rings. The number of rotatable bonds is 7. The van der Waals surface area contributed by atoms with Gasteiger partial charge in [0.15, 0.2) is 23.4 Å². The summed E-state index contributed by atoms with van der Waals surface area (Å²) in [7, 11) is 1.59. The first kappa shape index (κ1) is 23.3. The molecule has 1 aromatic heterocycles. The van der Waals surface area contributed by atoms with E-state index < -0.39 is 6.23 Å². The van der Waals surface area contributed by atoms with Crippen molar-refractivity contribution in [3.63, 3.8) is 0 Å². The third-order valence-electron chi connectivity index (χ3n) is 5.39. The van der Waals surface area contributed by atoms with E-state index in [4.69, 9.17) is 25.8 Å². The maximum absolute atomic E-state index is 6.68. The summed E-state index contributed by atoms with van der Waals surface area (Å²) in [5.74, 6) is 2.21. The molecular weight excluding hydrogens is 484 g/mol. The number of halogens is 1. The summed E-state index contributed by atoms with van der Waals surface area (Å²) in [5, 5.41) is 13.1. The molecule has 1 aliphatic heterocycles. The number of nitrogens with one attached hydrogen (secondary N) is 1. The van der Waals surface area contributed by atoms with Gasteiger partial charge in [-0.3, -0.25) is 0 Å². The van der Waals surface area contributed by atoms with Gasteiger partial charge in [0.25, 0.3) is 0 Å². The zero-order chi connectivity index (χ0) is 24.2. The first-order valence-corrected chi connectivity index (χ1v) is 12.5. The maximum atomic E-state index is 6.68. The molecule has 0 bridgehead atoms. The molecule has 0 unspecified atom stereocenters. The van der Waals surface area contributed by atoms with Crippen LogP contribution in [0, 0.1) is 0 Å². The monoisotopic (exact) mass is 506 g/mol. The van der Waals surface area contributed by atoms with Crippen molar-refractivity contribution in [2.45, 2.75) is 24.9 Å². The van der Waals surface area contributed by atoms with E-state index in [1.54, 1.807) is 7.11 Å². The van der Waals surface area contributed by atoms with E-state index in [1.807, 2.05) is 73.7 Å². The number of hydrogen-bond donors (Lipinski definition) is 1. The first-order valence-electron chi connectivity index (χ1n) is 11.1. The van der Waals surface area contributed by atoms with Gasteiger partial charge in [0.2, 0.25) is 11.0 Å². The molecule has 35 heavy (non-hydrogen) atoms. The fourth-order valence-corrected chi connectivity index (χ4v) is 4.53. The second-order valence-electron chi connectivity index (χ2n) is 7.68. The number of thioether (sulfide) groups is 1. The smallest absolute Gasteiger partial charge is 0.247 e. The van der Waals surface area contributed by atoms with Gasteiger partial charge in [-0.05, 0) is 29.5 Å². The van der Waals surface area contributed by atoms with Crippen LogP contribution in [-0.4, -0.2) is 28.0 Å². The number of benzene rings is 3. The summed E-state index contributed by atoms with van der Waals surface area (Å²) in [5.41, 5.74) is 4.08. The predicted molar refractivity (Wildman–Crippen MR) is 137 cm³/mol. The Labute approximate surface area is 212 Å². The molecule has 0 saturated carbocycles. The van der Waals surface area contributed by atoms with Crippen LogP contribution in [0.3, 0.4) is 0 Å². The van der Waals surface area contributed by atoms with Gasteiger partial charge in [-0.15, -0.1) is 10.2 Å². The van der Waals surface area contributed by atoms with Gasteiger partial charge < -0.3 is 19.5 Å². The van der Waals surface area contributed by atoms with Gasteiger partial charge in [0, 0.05) is 16.8 Å². The molecule has 2 heterocycles. The Morgan fingerprint density at radius 2 is 1.86 bits per heavy atom. The predicted octanol–water partition coefficient (Wildman–Crippen LogP) is 6.39. The molecule has 9 heteroatoms. The molecule has 7 nitrogen and oxygen atoms in total. The molecular formula is C26H23ClN4O3S. The lowest BCUT2D eigenvalue weighted by Gasteiger charge is -2.21. The van der Waals surface area contributed by atoms with E-state index >= 15 is 0 Å². The van der Waals surface area contributed by atoms with Crippen LogP contribution in [-0.2, 0) is 6.61 Å². The van der Waals surface area contributed by atoms with E-state index in [0.29, 0.717) is 39.9 Å². The molecule has 0 aliphatic carbocycles. The lowest BCUT2D eigenvalue weighted by atomic mass is 10.1. The van der Waals surface area contributed by atoms with Crippen LogP contribution in [0.15, 0.2) is 71.9 Å². The molecule has 0 saturated heterocycles. The second kappa shape index (κ2) is 10.4. The zero-order valence-electron chi connectivity index (χ0n) is 19.2. The highest BCUT2D eigenvalue weighted by Gasteiger charge is 2.27. The number of fused-ring (bicyclic) bond motifs is 3. The van der Waals surface area contributed by atoms with Crippen LogP contribution in [0.5, 0.6) is 17.4 Å². The lowest BCUT2D eigenvalue weighted by molar-refractivity contribution is 0.224. The Hall–Kier alpha value is -3.49. The number of ether oxygens (including phenoxy) is 3. The molecule has 0 fully saturated rings. The summed E-state index contributed by atoms with van der Waals surface area (Å²) < 4.78 is 18.0. The van der Waals surface area contributed by atoms with Crippen LogP contribution < -0.4 is 19.5 Å². The second-order valence-corrected chi connectivity index (χ2v) is 9.32. The third kappa shape index (κ3) is 4.99. The molecule has 1 atom stereocenters. The van der Waals surface area contributed by atoms with E-state index in [-0.39, 0.29) is 0 Å². The fraction of sp³-hybridized carbons (Fsp3) is 0.192. The highest BCUT2D eigenvalue weighted by molar-refractivity contribution is 7.99. The average molecular weight is 507 g/mol. The topological polar surface area (TPSA) is 78.4 Å². The summed E-state index contributed by atoms with van der Waals surface area (Å²) in [6.07, 6.45) is -0.594. The molecule has 3 aromatic carbocycles. The van der Waals surface area contributed by atoms with E-state index in [0.717, 1.165) is 28.1 Å². The molecule has 178 valence electrons. The SMILES string of the molecule is CCSc1nnc2c(n1)O[C@@H](c1cc(Cl)c(OCc3ccccc3)c(OC)c1)Nc1ccccc1-2. The van der Waals surface area contributed by atoms with Crippen molar-refractivity contribution in [1.82, 2.24) is 15.2 Å². The summed E-state index contributed by atoms with van der Waals surface area (Å²) in [6, 6.07) is 21.4. The molecule has 1 N–H and O–H groups in total. The number of nitrogens with zero attached hydrogens (tertiary/aromatic N) is 3. The van der Waals surface area contributed by atoms with E-state index in [9.17, 15) is 0 Å². The van der Waals surface area contributed by atoms with Crippen molar-refractivity contribution in [3.05, 3.63) is 82.9 Å². The van der Waals surface area contributed by atoms with Crippen LogP contribution in [0.25, 0.3) is 11.3 Å². The number of anilines is 1. The van der Waals surface area contributed by atoms with Crippen molar-refractivity contribution in [2.75, 3.05) is 18.2 Å². The van der Waals surface area contributed by atoms with Crippen LogP contribution in [0.2, 0.25) is 5.02 Å². The van der Waals surface area contributed by atoms with Gasteiger partial charge in [-0.25, -0.2) is 0 Å². The largest absolute Gasteiger partial charge is 0.493 e. The number of para-hydroxylation sites is 1. The van der Waals surface area contributed by atoms with Gasteiger partial charge in [-0.1, -0.05) is 78.8 Å². The molecule has 4 aromatic rings. The number of aromatic nitrogens is 3. The van der Waals surface area contributed by atoms with Crippen molar-refractivity contribution in [2.24, 2.45) is 0 Å².